The molecule has 0 saturated heterocycles. The number of hydrogen-bond donors (Lipinski definition) is 1. The van der Waals surface area contributed by atoms with E-state index < -0.39 is 0 Å². The van der Waals surface area contributed by atoms with Crippen molar-refractivity contribution in [1.29, 1.82) is 0 Å². The Morgan fingerprint density at radius 1 is 0.966 bits per heavy atom. The molecule has 2 aromatic rings. The zero-order valence-corrected chi connectivity index (χ0v) is 17.2. The highest BCUT2D eigenvalue weighted by molar-refractivity contribution is 5.62. The van der Waals surface area contributed by atoms with Gasteiger partial charge in [-0.2, -0.15) is 0 Å². The van der Waals surface area contributed by atoms with E-state index in [0.29, 0.717) is 42.1 Å². The molecule has 1 aliphatic heterocycles. The minimum Gasteiger partial charge on any atom is -0.504 e. The Balaban J connectivity index is 1.56. The molecule has 6 nitrogen and oxygen atoms in total. The monoisotopic (exact) mass is 400 g/mol. The number of phenols is 1. The van der Waals surface area contributed by atoms with Gasteiger partial charge in [0.05, 0.1) is 34.5 Å². The molecule has 4 rings (SSSR count). The molecule has 1 unspecified atom stereocenters. The number of hydrogen-bond acceptors (Lipinski definition) is 6. The molecule has 1 aliphatic carbocycles. The normalized spacial score (nSPS) is 17.8. The predicted molar refractivity (Wildman–Crippen MR) is 109 cm³/mol. The second-order valence-corrected chi connectivity index (χ2v) is 7.76. The topological polar surface area (TPSA) is 66.4 Å². The van der Waals surface area contributed by atoms with Gasteiger partial charge in [0.1, 0.15) is 5.75 Å². The summed E-state index contributed by atoms with van der Waals surface area (Å²) in [4.78, 5) is 0. The van der Waals surface area contributed by atoms with Crippen molar-refractivity contribution in [3.63, 3.8) is 0 Å². The SMILES string of the molecule is COc1ccc(CC2COc3cc(OC)c(OCC4CC4)c(OC)c3C2)cc1O. The summed E-state index contributed by atoms with van der Waals surface area (Å²) in [5, 5.41) is 10.1. The molecule has 1 N–H and O–H groups in total. The summed E-state index contributed by atoms with van der Waals surface area (Å²) in [6.45, 7) is 1.27. The average Bonchev–Trinajstić information content (AvgIpc) is 3.56. The molecule has 2 aliphatic rings. The highest BCUT2D eigenvalue weighted by Crippen LogP contribution is 2.48. The van der Waals surface area contributed by atoms with Crippen LogP contribution in [0.15, 0.2) is 24.3 Å². The van der Waals surface area contributed by atoms with Crippen LogP contribution >= 0.6 is 0 Å². The summed E-state index contributed by atoms with van der Waals surface area (Å²) >= 11 is 0. The Hall–Kier alpha value is -2.76. The molecule has 156 valence electrons. The van der Waals surface area contributed by atoms with Gasteiger partial charge >= 0.3 is 0 Å². The third-order valence-electron chi connectivity index (χ3n) is 5.58. The van der Waals surface area contributed by atoms with Crippen LogP contribution in [0.5, 0.6) is 34.5 Å². The lowest BCUT2D eigenvalue weighted by Gasteiger charge is -2.28. The lowest BCUT2D eigenvalue weighted by Crippen LogP contribution is -2.23. The van der Waals surface area contributed by atoms with Crippen LogP contribution in [0.25, 0.3) is 0 Å². The quantitative estimate of drug-likeness (QED) is 0.723. The first-order valence-corrected chi connectivity index (χ1v) is 10.0. The second kappa shape index (κ2) is 8.31. The summed E-state index contributed by atoms with van der Waals surface area (Å²) in [6.07, 6.45) is 4.02. The summed E-state index contributed by atoms with van der Waals surface area (Å²) in [6, 6.07) is 7.42. The van der Waals surface area contributed by atoms with Crippen molar-refractivity contribution < 1.29 is 28.8 Å². The number of benzene rings is 2. The number of methoxy groups -OCH3 is 3. The van der Waals surface area contributed by atoms with Gasteiger partial charge < -0.3 is 28.8 Å². The van der Waals surface area contributed by atoms with Gasteiger partial charge in [-0.15, -0.1) is 0 Å². The third-order valence-corrected chi connectivity index (χ3v) is 5.58. The Labute approximate surface area is 171 Å². The van der Waals surface area contributed by atoms with E-state index in [1.54, 1.807) is 33.5 Å². The lowest BCUT2D eigenvalue weighted by molar-refractivity contribution is 0.210. The largest absolute Gasteiger partial charge is 0.504 e. The van der Waals surface area contributed by atoms with E-state index in [9.17, 15) is 5.11 Å². The van der Waals surface area contributed by atoms with Crippen LogP contribution in [0.1, 0.15) is 24.0 Å². The zero-order valence-electron chi connectivity index (χ0n) is 17.2. The smallest absolute Gasteiger partial charge is 0.204 e. The molecule has 2 aromatic carbocycles. The molecule has 29 heavy (non-hydrogen) atoms. The van der Waals surface area contributed by atoms with E-state index in [2.05, 4.69) is 0 Å². The first-order chi connectivity index (χ1) is 14.1. The van der Waals surface area contributed by atoms with E-state index in [4.69, 9.17) is 23.7 Å². The van der Waals surface area contributed by atoms with Crippen molar-refractivity contribution in [2.24, 2.45) is 11.8 Å². The van der Waals surface area contributed by atoms with Crippen molar-refractivity contribution in [3.8, 4) is 34.5 Å². The van der Waals surface area contributed by atoms with E-state index in [0.717, 1.165) is 29.7 Å². The van der Waals surface area contributed by atoms with Crippen LogP contribution in [-0.2, 0) is 12.8 Å². The van der Waals surface area contributed by atoms with Crippen LogP contribution in [-0.4, -0.2) is 39.6 Å². The maximum atomic E-state index is 10.1. The maximum Gasteiger partial charge on any atom is 0.204 e. The highest BCUT2D eigenvalue weighted by atomic mass is 16.5. The summed E-state index contributed by atoms with van der Waals surface area (Å²) < 4.78 is 28.6. The van der Waals surface area contributed by atoms with Gasteiger partial charge in [-0.25, -0.2) is 0 Å². The fourth-order valence-corrected chi connectivity index (χ4v) is 3.83. The summed E-state index contributed by atoms with van der Waals surface area (Å²) in [5.74, 6) is 4.30. The number of ether oxygens (including phenoxy) is 5. The van der Waals surface area contributed by atoms with Crippen molar-refractivity contribution in [1.82, 2.24) is 0 Å². The van der Waals surface area contributed by atoms with E-state index in [1.165, 1.54) is 12.8 Å². The van der Waals surface area contributed by atoms with E-state index in [1.807, 2.05) is 12.1 Å². The van der Waals surface area contributed by atoms with Gasteiger partial charge in [0, 0.05) is 17.5 Å². The maximum absolute atomic E-state index is 10.1. The average molecular weight is 400 g/mol. The van der Waals surface area contributed by atoms with Gasteiger partial charge in [-0.1, -0.05) is 6.07 Å². The fourth-order valence-electron chi connectivity index (χ4n) is 3.83. The van der Waals surface area contributed by atoms with Crippen LogP contribution in [0.4, 0.5) is 0 Å². The van der Waals surface area contributed by atoms with Gasteiger partial charge in [-0.3, -0.25) is 0 Å². The summed E-state index contributed by atoms with van der Waals surface area (Å²) in [5.41, 5.74) is 2.05. The Morgan fingerprint density at radius 3 is 2.41 bits per heavy atom. The van der Waals surface area contributed by atoms with Crippen molar-refractivity contribution in [3.05, 3.63) is 35.4 Å². The molecular weight excluding hydrogens is 372 g/mol. The molecule has 6 heteroatoms. The fraction of sp³-hybridized carbons (Fsp3) is 0.478. The number of fused-ring (bicyclic) bond motifs is 1. The van der Waals surface area contributed by atoms with Crippen LogP contribution in [0.2, 0.25) is 0 Å². The van der Waals surface area contributed by atoms with Crippen molar-refractivity contribution >= 4 is 0 Å². The number of aromatic hydroxyl groups is 1. The van der Waals surface area contributed by atoms with Crippen molar-refractivity contribution in [2.75, 3.05) is 34.5 Å². The molecule has 0 bridgehead atoms. The number of rotatable bonds is 8. The lowest BCUT2D eigenvalue weighted by atomic mass is 9.90. The van der Waals surface area contributed by atoms with Gasteiger partial charge in [0.2, 0.25) is 5.75 Å². The molecule has 1 atom stereocenters. The first-order valence-electron chi connectivity index (χ1n) is 10.0. The second-order valence-electron chi connectivity index (χ2n) is 7.76. The Morgan fingerprint density at radius 2 is 1.76 bits per heavy atom. The first kappa shape index (κ1) is 19.6. The minimum atomic E-state index is 0.153. The molecular formula is C23H28O6. The molecule has 0 aromatic heterocycles. The highest BCUT2D eigenvalue weighted by Gasteiger charge is 2.30. The minimum absolute atomic E-state index is 0.153. The molecule has 1 fully saturated rings. The molecule has 1 heterocycles. The molecule has 1 saturated carbocycles. The van der Waals surface area contributed by atoms with E-state index in [-0.39, 0.29) is 11.7 Å². The Bertz CT molecular complexity index is 874. The number of phenolic OH excluding ortho intramolecular Hbond substituents is 1. The zero-order chi connectivity index (χ0) is 20.4. The molecule has 0 radical (unpaired) electrons. The summed E-state index contributed by atoms with van der Waals surface area (Å²) in [7, 11) is 4.83. The van der Waals surface area contributed by atoms with Crippen LogP contribution in [0.3, 0.4) is 0 Å². The van der Waals surface area contributed by atoms with Gasteiger partial charge in [0.25, 0.3) is 0 Å². The standard InChI is InChI=1S/C23H28O6/c1-25-19-7-6-15(10-18(19)24)8-16-9-17-20(28-13-16)11-21(26-2)23(22(17)27-3)29-12-14-4-5-14/h6-7,10-11,14,16,24H,4-5,8-9,12-13H2,1-3H3. The molecule has 0 amide bonds. The third kappa shape index (κ3) is 4.16. The van der Waals surface area contributed by atoms with Gasteiger partial charge in [-0.05, 0) is 49.3 Å². The predicted octanol–water partition coefficient (Wildman–Crippen LogP) is 4.00. The molecule has 0 spiro atoms. The van der Waals surface area contributed by atoms with Crippen LogP contribution < -0.4 is 23.7 Å². The van der Waals surface area contributed by atoms with Crippen LogP contribution in [0, 0.1) is 11.8 Å². The van der Waals surface area contributed by atoms with E-state index >= 15 is 0 Å². The van der Waals surface area contributed by atoms with Gasteiger partial charge in [0.15, 0.2) is 23.0 Å². The van der Waals surface area contributed by atoms with Crippen molar-refractivity contribution in [2.45, 2.75) is 25.7 Å². The Kier molecular flexibility index (Phi) is 5.60.